The fourth-order valence-electron chi connectivity index (χ4n) is 3.10. The van der Waals surface area contributed by atoms with Crippen LogP contribution < -0.4 is 15.4 Å². The highest BCUT2D eigenvalue weighted by atomic mass is 19.1. The molecule has 1 fully saturated rings. The number of para-hydroxylation sites is 1. The molecule has 1 aliphatic rings. The normalized spacial score (nSPS) is 16.3. The number of nitrogens with zero attached hydrogens (tertiary/aromatic N) is 2. The van der Waals surface area contributed by atoms with Crippen LogP contribution in [0.5, 0.6) is 5.75 Å². The first kappa shape index (κ1) is 22.8. The summed E-state index contributed by atoms with van der Waals surface area (Å²) in [6.45, 7) is 8.67. The average Bonchev–Trinajstić information content (AvgIpc) is 2.73. The topological polar surface area (TPSA) is 75.2 Å². The van der Waals surface area contributed by atoms with Gasteiger partial charge in [-0.1, -0.05) is 19.1 Å². The zero-order valence-electron chi connectivity index (χ0n) is 17.6. The zero-order valence-corrected chi connectivity index (χ0v) is 17.6. The summed E-state index contributed by atoms with van der Waals surface area (Å²) in [6, 6.07) is 6.64. The van der Waals surface area contributed by atoms with Crippen LogP contribution >= 0.6 is 0 Å². The van der Waals surface area contributed by atoms with Crippen LogP contribution in [0, 0.1) is 5.82 Å². The number of hydrogen-bond donors (Lipinski definition) is 2. The van der Waals surface area contributed by atoms with E-state index in [0.29, 0.717) is 32.2 Å². The molecule has 2 rings (SSSR count). The van der Waals surface area contributed by atoms with E-state index in [4.69, 9.17) is 9.47 Å². The van der Waals surface area contributed by atoms with Crippen LogP contribution in [0.15, 0.2) is 29.3 Å². The third kappa shape index (κ3) is 7.44. The molecule has 1 atom stereocenters. The molecule has 1 unspecified atom stereocenters. The van der Waals surface area contributed by atoms with E-state index in [-0.39, 0.29) is 29.8 Å². The Kier molecular flexibility index (Phi) is 9.53. The van der Waals surface area contributed by atoms with Gasteiger partial charge in [-0.3, -0.25) is 0 Å². The van der Waals surface area contributed by atoms with Gasteiger partial charge >= 0.3 is 6.09 Å². The van der Waals surface area contributed by atoms with E-state index in [2.05, 4.69) is 15.6 Å². The maximum absolute atomic E-state index is 13.8. The minimum absolute atomic E-state index is 0.215. The minimum atomic E-state index is -0.367. The summed E-state index contributed by atoms with van der Waals surface area (Å²) in [4.78, 5) is 18.2. The molecule has 1 heterocycles. The number of halogens is 1. The summed E-state index contributed by atoms with van der Waals surface area (Å²) in [7, 11) is 0. The van der Waals surface area contributed by atoms with Crippen molar-refractivity contribution in [3.8, 4) is 5.75 Å². The number of nitrogens with one attached hydrogen (secondary N) is 2. The Labute approximate surface area is 172 Å². The molecule has 8 heteroatoms. The molecule has 0 aromatic heterocycles. The highest BCUT2D eigenvalue weighted by Crippen LogP contribution is 2.18. The van der Waals surface area contributed by atoms with Crippen LogP contribution in [0.25, 0.3) is 0 Å². The van der Waals surface area contributed by atoms with Crippen LogP contribution in [0.2, 0.25) is 0 Å². The summed E-state index contributed by atoms with van der Waals surface area (Å²) in [5.41, 5.74) is 0. The molecule has 0 bridgehead atoms. The molecule has 0 saturated carbocycles. The van der Waals surface area contributed by atoms with Gasteiger partial charge < -0.3 is 25.0 Å². The number of benzene rings is 1. The van der Waals surface area contributed by atoms with Gasteiger partial charge in [-0.05, 0) is 45.2 Å². The molecule has 1 aliphatic heterocycles. The first-order chi connectivity index (χ1) is 14.1. The largest absolute Gasteiger partial charge is 0.485 e. The van der Waals surface area contributed by atoms with Crippen molar-refractivity contribution in [2.75, 3.05) is 32.8 Å². The number of guanidine groups is 1. The van der Waals surface area contributed by atoms with Gasteiger partial charge in [0.05, 0.1) is 13.2 Å². The second-order valence-electron chi connectivity index (χ2n) is 6.90. The van der Waals surface area contributed by atoms with Crippen molar-refractivity contribution in [3.63, 3.8) is 0 Å². The van der Waals surface area contributed by atoms with Gasteiger partial charge in [0.15, 0.2) is 17.5 Å². The Hall–Kier alpha value is -2.51. The van der Waals surface area contributed by atoms with Gasteiger partial charge in [0.2, 0.25) is 0 Å². The minimum Gasteiger partial charge on any atom is -0.485 e. The fraction of sp³-hybridized carbons (Fsp3) is 0.619. The van der Waals surface area contributed by atoms with Crippen molar-refractivity contribution in [3.05, 3.63) is 30.1 Å². The number of ether oxygens (including phenoxy) is 2. The molecule has 162 valence electrons. The van der Waals surface area contributed by atoms with Crippen molar-refractivity contribution in [1.29, 1.82) is 0 Å². The third-order valence-corrected chi connectivity index (χ3v) is 4.74. The predicted molar refractivity (Wildman–Crippen MR) is 112 cm³/mol. The number of likely N-dealkylation sites (tertiary alicyclic amines) is 1. The molecule has 7 nitrogen and oxygen atoms in total. The van der Waals surface area contributed by atoms with Crippen molar-refractivity contribution in [2.24, 2.45) is 4.99 Å². The molecule has 1 aromatic rings. The van der Waals surface area contributed by atoms with Crippen LogP contribution in [-0.4, -0.2) is 61.9 Å². The van der Waals surface area contributed by atoms with E-state index in [1.54, 1.807) is 23.1 Å². The van der Waals surface area contributed by atoms with Crippen molar-refractivity contribution >= 4 is 12.1 Å². The fourth-order valence-corrected chi connectivity index (χ4v) is 3.10. The summed E-state index contributed by atoms with van der Waals surface area (Å²) in [5, 5.41) is 6.68. The second kappa shape index (κ2) is 12.1. The molecule has 0 aliphatic carbocycles. The summed E-state index contributed by atoms with van der Waals surface area (Å²) < 4.78 is 24.7. The quantitative estimate of drug-likeness (QED) is 0.511. The van der Waals surface area contributed by atoms with Crippen LogP contribution in [-0.2, 0) is 4.74 Å². The Morgan fingerprint density at radius 1 is 1.28 bits per heavy atom. The number of carbonyl (C=O) groups excluding carboxylic acids is 1. The van der Waals surface area contributed by atoms with Crippen molar-refractivity contribution in [1.82, 2.24) is 15.5 Å². The molecule has 1 aromatic carbocycles. The van der Waals surface area contributed by atoms with Crippen LogP contribution in [0.1, 0.15) is 40.0 Å². The maximum Gasteiger partial charge on any atom is 0.409 e. The van der Waals surface area contributed by atoms with Gasteiger partial charge in [-0.25, -0.2) is 14.2 Å². The van der Waals surface area contributed by atoms with E-state index in [0.717, 1.165) is 25.8 Å². The smallest absolute Gasteiger partial charge is 0.409 e. The molecule has 2 N–H and O–H groups in total. The Balaban J connectivity index is 1.88. The van der Waals surface area contributed by atoms with E-state index >= 15 is 0 Å². The van der Waals surface area contributed by atoms with Crippen molar-refractivity contribution < 1.29 is 18.7 Å². The molecular weight excluding hydrogens is 375 g/mol. The molecule has 0 radical (unpaired) electrons. The van der Waals surface area contributed by atoms with Gasteiger partial charge in [0.1, 0.15) is 6.10 Å². The standard InChI is InChI=1S/C21H33FN4O3/c1-4-17(29-19-10-8-7-9-18(19)22)15-24-20(23-5-2)25-16-11-13-26(14-12-16)21(27)28-6-3/h7-10,16-17H,4-6,11-15H2,1-3H3,(H2,23,24,25). The third-order valence-electron chi connectivity index (χ3n) is 4.74. The number of aliphatic imine (C=N–C) groups is 1. The molecule has 0 spiro atoms. The molecule has 1 amide bonds. The molecule has 1 saturated heterocycles. The molecular formula is C21H33FN4O3. The lowest BCUT2D eigenvalue weighted by atomic mass is 10.1. The highest BCUT2D eigenvalue weighted by molar-refractivity contribution is 5.80. The van der Waals surface area contributed by atoms with Crippen LogP contribution in [0.4, 0.5) is 9.18 Å². The maximum atomic E-state index is 13.8. The lowest BCUT2D eigenvalue weighted by Crippen LogP contribution is -2.50. The first-order valence-corrected chi connectivity index (χ1v) is 10.4. The summed E-state index contributed by atoms with van der Waals surface area (Å²) >= 11 is 0. The number of rotatable bonds is 8. The number of amides is 1. The average molecular weight is 409 g/mol. The van der Waals surface area contributed by atoms with Gasteiger partial charge in [-0.15, -0.1) is 0 Å². The number of carbonyl (C=O) groups is 1. The predicted octanol–water partition coefficient (Wildman–Crippen LogP) is 3.16. The lowest BCUT2D eigenvalue weighted by Gasteiger charge is -2.32. The monoisotopic (exact) mass is 408 g/mol. The first-order valence-electron chi connectivity index (χ1n) is 10.4. The van der Waals surface area contributed by atoms with Gasteiger partial charge in [0.25, 0.3) is 0 Å². The Morgan fingerprint density at radius 3 is 2.62 bits per heavy atom. The van der Waals surface area contributed by atoms with E-state index in [1.807, 2.05) is 20.8 Å². The summed E-state index contributed by atoms with van der Waals surface area (Å²) in [5.74, 6) is 0.588. The van der Waals surface area contributed by atoms with Gasteiger partial charge in [0, 0.05) is 25.7 Å². The van der Waals surface area contributed by atoms with E-state index in [9.17, 15) is 9.18 Å². The Bertz CT molecular complexity index is 663. The number of hydrogen-bond acceptors (Lipinski definition) is 4. The SMILES string of the molecule is CCNC(=NCC(CC)Oc1ccccc1F)NC1CCN(C(=O)OCC)CC1. The highest BCUT2D eigenvalue weighted by Gasteiger charge is 2.24. The lowest BCUT2D eigenvalue weighted by molar-refractivity contribution is 0.0963. The number of piperidine rings is 1. The van der Waals surface area contributed by atoms with E-state index < -0.39 is 0 Å². The Morgan fingerprint density at radius 2 is 2.00 bits per heavy atom. The summed E-state index contributed by atoms with van der Waals surface area (Å²) in [6.07, 6.45) is 1.91. The molecule has 29 heavy (non-hydrogen) atoms. The van der Waals surface area contributed by atoms with Crippen molar-refractivity contribution in [2.45, 2.75) is 52.2 Å². The second-order valence-corrected chi connectivity index (χ2v) is 6.90. The zero-order chi connectivity index (χ0) is 21.1. The van der Waals surface area contributed by atoms with Gasteiger partial charge in [-0.2, -0.15) is 0 Å². The van der Waals surface area contributed by atoms with Crippen LogP contribution in [0.3, 0.4) is 0 Å². The van der Waals surface area contributed by atoms with E-state index in [1.165, 1.54) is 6.07 Å².